The second kappa shape index (κ2) is 7.65. The largest absolute Gasteiger partial charge is 0.511 e. The van der Waals surface area contributed by atoms with Crippen LogP contribution in [0.15, 0.2) is 40.3 Å². The number of aliphatic hydroxyl groups is 3. The molecule has 1 heterocycles. The fourth-order valence-corrected chi connectivity index (χ4v) is 6.24. The minimum Gasteiger partial charge on any atom is -0.511 e. The molecule has 0 saturated carbocycles. The van der Waals surface area contributed by atoms with Crippen molar-refractivity contribution in [3.8, 4) is 16.3 Å². The normalized spacial score (nSPS) is 25.8. The maximum Gasteiger partial charge on any atom is 0.255 e. The fraction of sp³-hybridized carbons (Fsp3) is 0.333. The molecule has 6 N–H and O–H groups in total. The van der Waals surface area contributed by atoms with Crippen molar-refractivity contribution in [2.45, 2.75) is 24.9 Å². The lowest BCUT2D eigenvalue weighted by molar-refractivity contribution is -0.144. The summed E-state index contributed by atoms with van der Waals surface area (Å²) in [6.45, 7) is 0. The molecular weight excluding hydrogens is 474 g/mol. The molecule has 0 spiro atoms. The van der Waals surface area contributed by atoms with Crippen LogP contribution in [0, 0.1) is 11.8 Å². The minimum absolute atomic E-state index is 0.0296. The lowest BCUT2D eigenvalue weighted by atomic mass is 9.60. The molecule has 0 aliphatic heterocycles. The van der Waals surface area contributed by atoms with E-state index in [1.54, 1.807) is 31.7 Å². The van der Waals surface area contributed by atoms with Gasteiger partial charge in [-0.25, -0.2) is 4.98 Å². The summed E-state index contributed by atoms with van der Waals surface area (Å²) in [5, 5.41) is 46.2. The second-order valence-corrected chi connectivity index (χ2v) is 10.2. The van der Waals surface area contributed by atoms with E-state index in [1.165, 1.54) is 11.3 Å². The first kappa shape index (κ1) is 23.1. The SMILES string of the molecule is CN(C)c1cc(-c2nccs2)c(O)c2c1C[C@H]1C[C@H]3CC(O)=C(C(N)=O)C(=O)[C@@]3(O)C(O)=C1C2=O. The highest BCUT2D eigenvalue weighted by atomic mass is 32.1. The zero-order valence-corrected chi connectivity index (χ0v) is 19.7. The van der Waals surface area contributed by atoms with Gasteiger partial charge >= 0.3 is 0 Å². The van der Waals surface area contributed by atoms with Gasteiger partial charge in [-0.1, -0.05) is 0 Å². The Morgan fingerprint density at radius 3 is 2.54 bits per heavy atom. The number of primary amides is 1. The molecule has 1 aromatic heterocycles. The molecule has 35 heavy (non-hydrogen) atoms. The zero-order valence-electron chi connectivity index (χ0n) is 18.9. The zero-order chi connectivity index (χ0) is 25.4. The van der Waals surface area contributed by atoms with Gasteiger partial charge < -0.3 is 31.1 Å². The van der Waals surface area contributed by atoms with E-state index in [2.05, 4.69) is 4.98 Å². The number of carbonyl (C=O) groups is 3. The first-order valence-electron chi connectivity index (χ1n) is 10.9. The molecule has 1 amide bonds. The number of nitrogens with zero attached hydrogens (tertiary/aromatic N) is 2. The number of nitrogens with two attached hydrogens (primary N) is 1. The van der Waals surface area contributed by atoms with E-state index in [0.717, 1.165) is 0 Å². The van der Waals surface area contributed by atoms with Crippen LogP contribution in [0.25, 0.3) is 10.6 Å². The number of hydrogen-bond donors (Lipinski definition) is 5. The molecule has 1 aromatic carbocycles. The van der Waals surface area contributed by atoms with E-state index < -0.39 is 52.0 Å². The molecule has 3 aliphatic carbocycles. The summed E-state index contributed by atoms with van der Waals surface area (Å²) in [6.07, 6.45) is 1.65. The van der Waals surface area contributed by atoms with Gasteiger partial charge in [-0.05, 0) is 30.4 Å². The van der Waals surface area contributed by atoms with E-state index in [-0.39, 0.29) is 36.1 Å². The molecule has 0 fully saturated rings. The van der Waals surface area contributed by atoms with Crippen LogP contribution in [0.1, 0.15) is 28.8 Å². The van der Waals surface area contributed by atoms with Crippen molar-refractivity contribution in [1.82, 2.24) is 4.98 Å². The molecule has 11 heteroatoms. The number of ketones is 2. The molecule has 0 radical (unpaired) electrons. The molecule has 2 aromatic rings. The topological polar surface area (TPSA) is 174 Å². The van der Waals surface area contributed by atoms with E-state index in [4.69, 9.17) is 5.73 Å². The number of allylic oxidation sites excluding steroid dienone is 2. The summed E-state index contributed by atoms with van der Waals surface area (Å²) < 4.78 is 0. The lowest BCUT2D eigenvalue weighted by Crippen LogP contribution is -2.57. The number of carbonyl (C=O) groups excluding carboxylic acids is 3. The highest BCUT2D eigenvalue weighted by Crippen LogP contribution is 2.53. The first-order chi connectivity index (χ1) is 16.5. The number of amides is 1. The fourth-order valence-electron chi connectivity index (χ4n) is 5.59. The Balaban J connectivity index is 1.73. The van der Waals surface area contributed by atoms with E-state index in [1.807, 2.05) is 4.90 Å². The number of fused-ring (bicyclic) bond motifs is 3. The number of Topliss-reactive ketones (excluding diaryl/α,β-unsaturated/α-hetero) is 2. The second-order valence-electron chi connectivity index (χ2n) is 9.29. The van der Waals surface area contributed by atoms with Gasteiger partial charge in [0.2, 0.25) is 5.78 Å². The molecule has 5 rings (SSSR count). The van der Waals surface area contributed by atoms with E-state index >= 15 is 0 Å². The number of aromatic nitrogens is 1. The molecular formula is C24H23N3O7S. The molecule has 182 valence electrons. The molecule has 10 nitrogen and oxygen atoms in total. The van der Waals surface area contributed by atoms with Crippen LogP contribution in [-0.4, -0.2) is 62.6 Å². The Morgan fingerprint density at radius 1 is 1.23 bits per heavy atom. The van der Waals surface area contributed by atoms with E-state index in [9.17, 15) is 34.8 Å². The van der Waals surface area contributed by atoms with Gasteiger partial charge in [-0.15, -0.1) is 11.3 Å². The lowest BCUT2D eigenvalue weighted by Gasteiger charge is -2.45. The van der Waals surface area contributed by atoms with Gasteiger partial charge in [0.15, 0.2) is 11.4 Å². The maximum absolute atomic E-state index is 13.8. The summed E-state index contributed by atoms with van der Waals surface area (Å²) in [5.41, 5.74) is 3.25. The van der Waals surface area contributed by atoms with Crippen LogP contribution in [0.2, 0.25) is 0 Å². The number of phenols is 1. The Hall–Kier alpha value is -3.70. The van der Waals surface area contributed by atoms with Crippen LogP contribution >= 0.6 is 11.3 Å². The maximum atomic E-state index is 13.8. The van der Waals surface area contributed by atoms with Gasteiger partial charge in [0, 0.05) is 49.3 Å². The van der Waals surface area contributed by atoms with Crippen LogP contribution in [-0.2, 0) is 16.0 Å². The Bertz CT molecular complexity index is 1380. The third-order valence-electron chi connectivity index (χ3n) is 7.18. The monoisotopic (exact) mass is 497 g/mol. The highest BCUT2D eigenvalue weighted by molar-refractivity contribution is 7.13. The Morgan fingerprint density at radius 2 is 1.94 bits per heavy atom. The summed E-state index contributed by atoms with van der Waals surface area (Å²) in [6, 6.07) is 1.76. The van der Waals surface area contributed by atoms with Crippen LogP contribution < -0.4 is 10.6 Å². The Kier molecular flexibility index (Phi) is 5.04. The highest BCUT2D eigenvalue weighted by Gasteiger charge is 2.59. The van der Waals surface area contributed by atoms with Gasteiger partial charge in [-0.3, -0.25) is 14.4 Å². The summed E-state index contributed by atoms with van der Waals surface area (Å²) >= 11 is 1.28. The molecule has 3 aliphatic rings. The number of phenolic OH excluding ortho intramolecular Hbond substituents is 1. The van der Waals surface area contributed by atoms with Gasteiger partial charge in [0.1, 0.15) is 27.8 Å². The van der Waals surface area contributed by atoms with Crippen molar-refractivity contribution in [3.63, 3.8) is 0 Å². The third kappa shape index (κ3) is 3.04. The number of anilines is 1. The third-order valence-corrected chi connectivity index (χ3v) is 7.99. The van der Waals surface area contributed by atoms with E-state index in [0.29, 0.717) is 21.8 Å². The van der Waals surface area contributed by atoms with Crippen molar-refractivity contribution >= 4 is 34.5 Å². The summed E-state index contributed by atoms with van der Waals surface area (Å²) in [4.78, 5) is 44.7. The van der Waals surface area contributed by atoms with Gasteiger partial charge in [-0.2, -0.15) is 0 Å². The van der Waals surface area contributed by atoms with Crippen molar-refractivity contribution in [3.05, 3.63) is 51.4 Å². The number of hydrogen-bond acceptors (Lipinski definition) is 10. The van der Waals surface area contributed by atoms with Crippen molar-refractivity contribution in [1.29, 1.82) is 0 Å². The molecule has 0 saturated heterocycles. The van der Waals surface area contributed by atoms with Gasteiger partial charge in [0.25, 0.3) is 5.91 Å². The molecule has 0 bridgehead atoms. The van der Waals surface area contributed by atoms with Crippen LogP contribution in [0.4, 0.5) is 5.69 Å². The number of thiazole rings is 1. The quantitative estimate of drug-likeness (QED) is 0.396. The average molecular weight is 498 g/mol. The number of aliphatic hydroxyl groups excluding tert-OH is 2. The predicted molar refractivity (Wildman–Crippen MR) is 126 cm³/mol. The summed E-state index contributed by atoms with van der Waals surface area (Å²) in [7, 11) is 3.61. The average Bonchev–Trinajstić information content (AvgIpc) is 3.30. The number of rotatable bonds is 3. The number of aromatic hydroxyl groups is 1. The van der Waals surface area contributed by atoms with Crippen molar-refractivity contribution in [2.75, 3.05) is 19.0 Å². The van der Waals surface area contributed by atoms with Gasteiger partial charge in [0.05, 0.1) is 11.1 Å². The predicted octanol–water partition coefficient (Wildman–Crippen LogP) is 1.77. The minimum atomic E-state index is -2.58. The first-order valence-corrected chi connectivity index (χ1v) is 11.8. The van der Waals surface area contributed by atoms with Crippen molar-refractivity contribution < 1.29 is 34.8 Å². The van der Waals surface area contributed by atoms with Crippen LogP contribution in [0.5, 0.6) is 5.75 Å². The molecule has 3 atom stereocenters. The number of benzene rings is 1. The van der Waals surface area contributed by atoms with Crippen LogP contribution in [0.3, 0.4) is 0 Å². The standard InChI is InChI=1S/C24H23N3O7S/c1-27(2)13-8-12(23-26-3-4-35-23)18(29)16-11(13)6-9-5-10-7-14(28)17(22(25)33)21(32)24(10,34)20(31)15(9)19(16)30/h3-4,8-10,28-29,31,34H,5-7H2,1-2H3,(H2,25,33)/t9-,10+,24+/m1/s1. The Labute approximate surface area is 203 Å². The smallest absolute Gasteiger partial charge is 0.255 e. The molecule has 0 unspecified atom stereocenters. The summed E-state index contributed by atoms with van der Waals surface area (Å²) in [5.74, 6) is -6.45. The van der Waals surface area contributed by atoms with Crippen molar-refractivity contribution in [2.24, 2.45) is 17.6 Å².